The van der Waals surface area contributed by atoms with Gasteiger partial charge in [-0.3, -0.25) is 9.59 Å². The number of benzene rings is 4. The van der Waals surface area contributed by atoms with E-state index in [2.05, 4.69) is 42.5 Å². The zero-order valence-corrected chi connectivity index (χ0v) is 24.1. The molecule has 0 fully saturated rings. The van der Waals surface area contributed by atoms with Crippen LogP contribution in [0.3, 0.4) is 0 Å². The maximum Gasteiger partial charge on any atom is 0.163 e. The number of hydrogen-bond donors (Lipinski definition) is 2. The standard InChI is InChI=1S/C21H20O6.C15H14O/c1-26-20-11-14(5-9-18(20)24)3-7-16(22)13-17(23)8-4-15-6-10-19(25)21(12-15)27-2;1-2-6-12(7-3-1)15-11-10-13-8-4-5-9-14(13)16-15/h3-12,24-25H,13H2,1-2H3;1-9,15H,10-11H2/b7-3+,8-4+;. The topological polar surface area (TPSA) is 102 Å². The Hall–Kier alpha value is -5.30. The van der Waals surface area contributed by atoms with Crippen LogP contribution < -0.4 is 14.2 Å². The van der Waals surface area contributed by atoms with Crippen LogP contribution in [0.4, 0.5) is 0 Å². The molecule has 0 saturated carbocycles. The normalized spacial score (nSPS) is 13.9. The summed E-state index contributed by atoms with van der Waals surface area (Å²) in [7, 11) is 2.87. The maximum absolute atomic E-state index is 11.9. The molecular formula is C36H34O7. The molecule has 7 heteroatoms. The third-order valence-corrected chi connectivity index (χ3v) is 6.77. The number of methoxy groups -OCH3 is 2. The summed E-state index contributed by atoms with van der Waals surface area (Å²) < 4.78 is 16.0. The molecule has 0 aliphatic carbocycles. The Kier molecular flexibility index (Phi) is 10.7. The SMILES string of the molecule is COc1cc(/C=C/C(=O)CC(=O)/C=C/c2ccc(O)c(OC)c2)ccc1O.c1ccc(C2CCc3ccccc3O2)cc1. The van der Waals surface area contributed by atoms with E-state index in [1.165, 1.54) is 49.6 Å². The molecule has 0 spiro atoms. The zero-order chi connectivity index (χ0) is 30.6. The maximum atomic E-state index is 11.9. The lowest BCUT2D eigenvalue weighted by molar-refractivity contribution is -0.121. The van der Waals surface area contributed by atoms with Crippen molar-refractivity contribution in [2.45, 2.75) is 25.4 Å². The fourth-order valence-electron chi connectivity index (χ4n) is 4.49. The highest BCUT2D eigenvalue weighted by atomic mass is 16.5. The Balaban J connectivity index is 0.000000222. The number of carbonyl (C=O) groups is 2. The second kappa shape index (κ2) is 15.1. The molecule has 1 atom stereocenters. The molecule has 1 heterocycles. The predicted octanol–water partition coefficient (Wildman–Crippen LogP) is 7.12. The molecule has 0 aromatic heterocycles. The van der Waals surface area contributed by atoms with Crippen molar-refractivity contribution in [2.75, 3.05) is 14.2 Å². The Bertz CT molecular complexity index is 1530. The first-order chi connectivity index (χ1) is 20.9. The monoisotopic (exact) mass is 578 g/mol. The zero-order valence-electron chi connectivity index (χ0n) is 24.1. The highest BCUT2D eigenvalue weighted by Crippen LogP contribution is 2.34. The molecular weight excluding hydrogens is 544 g/mol. The van der Waals surface area contributed by atoms with Gasteiger partial charge in [-0.1, -0.05) is 72.8 Å². The van der Waals surface area contributed by atoms with Crippen molar-refractivity contribution in [2.24, 2.45) is 0 Å². The molecule has 43 heavy (non-hydrogen) atoms. The number of aromatic hydroxyl groups is 2. The van der Waals surface area contributed by atoms with Crippen LogP contribution in [0.2, 0.25) is 0 Å². The Morgan fingerprint density at radius 1 is 0.767 bits per heavy atom. The summed E-state index contributed by atoms with van der Waals surface area (Å²) in [6.07, 6.45) is 7.84. The van der Waals surface area contributed by atoms with E-state index < -0.39 is 0 Å². The quantitative estimate of drug-likeness (QED) is 0.161. The first-order valence-corrected chi connectivity index (χ1v) is 13.8. The molecule has 1 aliphatic heterocycles. The van der Waals surface area contributed by atoms with Crippen molar-refractivity contribution in [3.8, 4) is 28.7 Å². The number of allylic oxidation sites excluding steroid dienone is 2. The van der Waals surface area contributed by atoms with Crippen molar-refractivity contribution in [3.63, 3.8) is 0 Å². The van der Waals surface area contributed by atoms with Crippen molar-refractivity contribution < 1.29 is 34.0 Å². The van der Waals surface area contributed by atoms with E-state index in [9.17, 15) is 19.8 Å². The van der Waals surface area contributed by atoms with Gasteiger partial charge in [-0.25, -0.2) is 0 Å². The second-order valence-electron chi connectivity index (χ2n) is 9.80. The summed E-state index contributed by atoms with van der Waals surface area (Å²) in [5.41, 5.74) is 3.93. The van der Waals surface area contributed by atoms with Crippen molar-refractivity contribution in [1.29, 1.82) is 0 Å². The highest BCUT2D eigenvalue weighted by Gasteiger charge is 2.20. The number of ketones is 2. The van der Waals surface area contributed by atoms with Crippen molar-refractivity contribution in [1.82, 2.24) is 0 Å². The minimum Gasteiger partial charge on any atom is -0.504 e. The van der Waals surface area contributed by atoms with E-state index in [4.69, 9.17) is 14.2 Å². The summed E-state index contributed by atoms with van der Waals surface area (Å²) in [6, 6.07) is 28.1. The van der Waals surface area contributed by atoms with Crippen molar-refractivity contribution >= 4 is 23.7 Å². The predicted molar refractivity (Wildman–Crippen MR) is 167 cm³/mol. The van der Waals surface area contributed by atoms with Crippen molar-refractivity contribution in [3.05, 3.63) is 125 Å². The number of para-hydroxylation sites is 1. The summed E-state index contributed by atoms with van der Waals surface area (Å²) in [5, 5.41) is 19.1. The minimum absolute atomic E-state index is 0.00662. The molecule has 0 amide bonds. The van der Waals surface area contributed by atoms with Gasteiger partial charge in [-0.15, -0.1) is 0 Å². The minimum atomic E-state index is -0.347. The Labute approximate surface area is 251 Å². The Morgan fingerprint density at radius 2 is 1.30 bits per heavy atom. The number of carbonyl (C=O) groups excluding carboxylic acids is 2. The Morgan fingerprint density at radius 3 is 1.86 bits per heavy atom. The first-order valence-electron chi connectivity index (χ1n) is 13.8. The second-order valence-corrected chi connectivity index (χ2v) is 9.80. The van der Waals surface area contributed by atoms with Gasteiger partial charge in [0.05, 0.1) is 20.6 Å². The number of phenols is 2. The lowest BCUT2D eigenvalue weighted by Gasteiger charge is -2.26. The van der Waals surface area contributed by atoms with Crippen LogP contribution in [0, 0.1) is 0 Å². The highest BCUT2D eigenvalue weighted by molar-refractivity contribution is 6.10. The largest absolute Gasteiger partial charge is 0.504 e. The van der Waals surface area contributed by atoms with Gasteiger partial charge in [-0.2, -0.15) is 0 Å². The van der Waals surface area contributed by atoms with Gasteiger partial charge in [0.1, 0.15) is 11.9 Å². The molecule has 4 aromatic carbocycles. The molecule has 2 N–H and O–H groups in total. The number of hydrogen-bond acceptors (Lipinski definition) is 7. The van der Waals surface area contributed by atoms with Gasteiger partial charge in [0.15, 0.2) is 34.6 Å². The molecule has 4 aromatic rings. The number of ether oxygens (including phenoxy) is 3. The molecule has 5 rings (SSSR count). The lowest BCUT2D eigenvalue weighted by atomic mass is 9.98. The smallest absolute Gasteiger partial charge is 0.163 e. The van der Waals surface area contributed by atoms with E-state index in [0.29, 0.717) is 22.6 Å². The fourth-order valence-corrected chi connectivity index (χ4v) is 4.49. The summed E-state index contributed by atoms with van der Waals surface area (Å²) in [4.78, 5) is 23.9. The van der Waals surface area contributed by atoms with E-state index in [1.807, 2.05) is 12.1 Å². The van der Waals surface area contributed by atoms with E-state index in [1.54, 1.807) is 36.4 Å². The van der Waals surface area contributed by atoms with Gasteiger partial charge in [0.25, 0.3) is 0 Å². The molecule has 7 nitrogen and oxygen atoms in total. The molecule has 0 saturated heterocycles. The number of phenolic OH excluding ortho intramolecular Hbond substituents is 2. The number of aryl methyl sites for hydroxylation is 1. The van der Waals surface area contributed by atoms with Crippen LogP contribution in [0.1, 0.15) is 41.2 Å². The molecule has 1 unspecified atom stereocenters. The number of fused-ring (bicyclic) bond motifs is 1. The van der Waals surface area contributed by atoms with Gasteiger partial charge >= 0.3 is 0 Å². The average Bonchev–Trinajstić information content (AvgIpc) is 3.04. The van der Waals surface area contributed by atoms with Gasteiger partial charge in [-0.05, 0) is 77.6 Å². The average molecular weight is 579 g/mol. The third kappa shape index (κ3) is 8.84. The molecule has 0 bridgehead atoms. The van der Waals surface area contributed by atoms with E-state index in [-0.39, 0.29) is 35.6 Å². The van der Waals surface area contributed by atoms with Crippen LogP contribution >= 0.6 is 0 Å². The summed E-state index contributed by atoms with van der Waals surface area (Å²) in [5.74, 6) is 0.961. The summed E-state index contributed by atoms with van der Waals surface area (Å²) in [6.45, 7) is 0. The van der Waals surface area contributed by atoms with Gasteiger partial charge < -0.3 is 24.4 Å². The van der Waals surface area contributed by atoms with E-state index in [0.717, 1.165) is 18.6 Å². The van der Waals surface area contributed by atoms with E-state index >= 15 is 0 Å². The fraction of sp³-hybridized carbons (Fsp3) is 0.167. The van der Waals surface area contributed by atoms with Crippen LogP contribution in [0.15, 0.2) is 103 Å². The lowest BCUT2D eigenvalue weighted by Crippen LogP contribution is -2.14. The first kappa shape index (κ1) is 30.7. The van der Waals surface area contributed by atoms with Crippen LogP contribution in [0.25, 0.3) is 12.2 Å². The summed E-state index contributed by atoms with van der Waals surface area (Å²) >= 11 is 0. The van der Waals surface area contributed by atoms with Gasteiger partial charge in [0.2, 0.25) is 0 Å². The molecule has 220 valence electrons. The molecule has 1 aliphatic rings. The third-order valence-electron chi connectivity index (χ3n) is 6.77. The molecule has 0 radical (unpaired) electrons. The van der Waals surface area contributed by atoms with Crippen LogP contribution in [-0.2, 0) is 16.0 Å². The number of rotatable bonds is 9. The van der Waals surface area contributed by atoms with Crippen LogP contribution in [-0.4, -0.2) is 36.0 Å². The van der Waals surface area contributed by atoms with Crippen LogP contribution in [0.5, 0.6) is 28.7 Å². The van der Waals surface area contributed by atoms with Gasteiger partial charge in [0, 0.05) is 0 Å².